The Balaban J connectivity index is 2.04. The number of benzene rings is 1. The Kier molecular flexibility index (Phi) is 3.72. The molecule has 0 amide bonds. The maximum atomic E-state index is 10.5. The van der Waals surface area contributed by atoms with Crippen molar-refractivity contribution >= 4 is 0 Å². The molecule has 2 nitrogen and oxygen atoms in total. The molecular formula is C15H22O2. The van der Waals surface area contributed by atoms with E-state index in [1.807, 2.05) is 19.1 Å². The van der Waals surface area contributed by atoms with Crippen molar-refractivity contribution in [3.63, 3.8) is 0 Å². The summed E-state index contributed by atoms with van der Waals surface area (Å²) < 4.78 is 0. The molecule has 2 rings (SSSR count). The van der Waals surface area contributed by atoms with Gasteiger partial charge in [0, 0.05) is 0 Å². The van der Waals surface area contributed by atoms with Gasteiger partial charge in [0.2, 0.25) is 0 Å². The fourth-order valence-corrected chi connectivity index (χ4v) is 2.89. The van der Waals surface area contributed by atoms with Crippen LogP contribution in [0.1, 0.15) is 51.0 Å². The maximum Gasteiger partial charge on any atom is 0.115 e. The molecule has 0 aliphatic heterocycles. The van der Waals surface area contributed by atoms with Gasteiger partial charge >= 0.3 is 0 Å². The molecule has 1 unspecified atom stereocenters. The lowest BCUT2D eigenvalue weighted by Crippen LogP contribution is -2.26. The van der Waals surface area contributed by atoms with Gasteiger partial charge in [-0.05, 0) is 37.0 Å². The summed E-state index contributed by atoms with van der Waals surface area (Å²) >= 11 is 0. The van der Waals surface area contributed by atoms with E-state index in [4.69, 9.17) is 0 Å². The first kappa shape index (κ1) is 12.4. The Morgan fingerprint density at radius 3 is 2.29 bits per heavy atom. The standard InChI is InChI=1S/C15H22O2/c1-15(17,11-12-5-3-2-4-6-12)13-7-9-14(16)10-8-13/h7-10,12,16-17H,2-6,11H2,1H3. The molecule has 0 saturated heterocycles. The van der Waals surface area contributed by atoms with Crippen LogP contribution >= 0.6 is 0 Å². The molecular weight excluding hydrogens is 212 g/mol. The van der Waals surface area contributed by atoms with Crippen LogP contribution in [0.4, 0.5) is 0 Å². The second kappa shape index (κ2) is 5.09. The molecule has 1 aliphatic carbocycles. The van der Waals surface area contributed by atoms with Crippen molar-refractivity contribution in [1.82, 2.24) is 0 Å². The smallest absolute Gasteiger partial charge is 0.115 e. The highest BCUT2D eigenvalue weighted by atomic mass is 16.3. The Morgan fingerprint density at radius 1 is 1.12 bits per heavy atom. The summed E-state index contributed by atoms with van der Waals surface area (Å²) in [6, 6.07) is 6.92. The number of aromatic hydroxyl groups is 1. The van der Waals surface area contributed by atoms with E-state index in [2.05, 4.69) is 0 Å². The first-order chi connectivity index (χ1) is 8.08. The number of aliphatic hydroxyl groups is 1. The SMILES string of the molecule is CC(O)(CC1CCCCC1)c1ccc(O)cc1. The number of hydrogen-bond donors (Lipinski definition) is 2. The van der Waals surface area contributed by atoms with Crippen LogP contribution in [-0.2, 0) is 5.60 Å². The molecule has 0 aromatic heterocycles. The largest absolute Gasteiger partial charge is 0.508 e. The van der Waals surface area contributed by atoms with Crippen LogP contribution in [0.3, 0.4) is 0 Å². The monoisotopic (exact) mass is 234 g/mol. The maximum absolute atomic E-state index is 10.5. The first-order valence-electron chi connectivity index (χ1n) is 6.60. The number of phenols is 1. The molecule has 2 heteroatoms. The van der Waals surface area contributed by atoms with Crippen LogP contribution in [-0.4, -0.2) is 10.2 Å². The highest BCUT2D eigenvalue weighted by molar-refractivity contribution is 5.29. The molecule has 1 aliphatic rings. The van der Waals surface area contributed by atoms with Gasteiger partial charge < -0.3 is 10.2 Å². The molecule has 1 saturated carbocycles. The minimum atomic E-state index is -0.768. The van der Waals surface area contributed by atoms with Gasteiger partial charge in [0.1, 0.15) is 5.75 Å². The fraction of sp³-hybridized carbons (Fsp3) is 0.600. The zero-order chi connectivity index (χ0) is 12.3. The fourth-order valence-electron chi connectivity index (χ4n) is 2.89. The second-order valence-electron chi connectivity index (χ2n) is 5.53. The van der Waals surface area contributed by atoms with Gasteiger partial charge in [-0.25, -0.2) is 0 Å². The van der Waals surface area contributed by atoms with E-state index < -0.39 is 5.60 Å². The molecule has 0 bridgehead atoms. The van der Waals surface area contributed by atoms with Crippen LogP contribution in [0.2, 0.25) is 0 Å². The summed E-state index contributed by atoms with van der Waals surface area (Å²) in [5, 5.41) is 19.8. The Hall–Kier alpha value is -1.02. The van der Waals surface area contributed by atoms with E-state index in [0.29, 0.717) is 5.92 Å². The second-order valence-corrected chi connectivity index (χ2v) is 5.53. The predicted octanol–water partition coefficient (Wildman–Crippen LogP) is 3.57. The minimum absolute atomic E-state index is 0.252. The van der Waals surface area contributed by atoms with Crippen LogP contribution in [0.25, 0.3) is 0 Å². The Morgan fingerprint density at radius 2 is 1.71 bits per heavy atom. The molecule has 0 spiro atoms. The van der Waals surface area contributed by atoms with Gasteiger partial charge in [-0.15, -0.1) is 0 Å². The molecule has 2 N–H and O–H groups in total. The molecule has 1 aromatic rings. The molecule has 17 heavy (non-hydrogen) atoms. The van der Waals surface area contributed by atoms with E-state index in [9.17, 15) is 10.2 Å². The van der Waals surface area contributed by atoms with E-state index in [0.717, 1.165) is 12.0 Å². The van der Waals surface area contributed by atoms with Crippen molar-refractivity contribution < 1.29 is 10.2 Å². The highest BCUT2D eigenvalue weighted by Crippen LogP contribution is 2.35. The van der Waals surface area contributed by atoms with E-state index in [1.165, 1.54) is 32.1 Å². The molecule has 1 aromatic carbocycles. The number of rotatable bonds is 3. The van der Waals surface area contributed by atoms with Gasteiger partial charge in [-0.2, -0.15) is 0 Å². The lowest BCUT2D eigenvalue weighted by atomic mass is 9.79. The van der Waals surface area contributed by atoms with Crippen molar-refractivity contribution in [1.29, 1.82) is 0 Å². The van der Waals surface area contributed by atoms with Crippen molar-refractivity contribution in [2.24, 2.45) is 5.92 Å². The van der Waals surface area contributed by atoms with Gasteiger partial charge in [0.05, 0.1) is 5.60 Å². The zero-order valence-electron chi connectivity index (χ0n) is 10.5. The molecule has 1 fully saturated rings. The quantitative estimate of drug-likeness (QED) is 0.839. The van der Waals surface area contributed by atoms with Crippen LogP contribution in [0.5, 0.6) is 5.75 Å². The van der Waals surface area contributed by atoms with Crippen molar-refractivity contribution in [3.8, 4) is 5.75 Å². The van der Waals surface area contributed by atoms with Crippen LogP contribution in [0, 0.1) is 5.92 Å². The predicted molar refractivity (Wildman–Crippen MR) is 68.9 cm³/mol. The van der Waals surface area contributed by atoms with Gasteiger partial charge in [-0.3, -0.25) is 0 Å². The third kappa shape index (κ3) is 3.22. The van der Waals surface area contributed by atoms with E-state index in [-0.39, 0.29) is 5.75 Å². The van der Waals surface area contributed by atoms with Crippen LogP contribution in [0.15, 0.2) is 24.3 Å². The topological polar surface area (TPSA) is 40.5 Å². The minimum Gasteiger partial charge on any atom is -0.508 e. The lowest BCUT2D eigenvalue weighted by Gasteiger charge is -2.31. The third-order valence-electron chi connectivity index (χ3n) is 3.90. The summed E-state index contributed by atoms with van der Waals surface area (Å²) in [7, 11) is 0. The van der Waals surface area contributed by atoms with E-state index in [1.54, 1.807) is 12.1 Å². The summed E-state index contributed by atoms with van der Waals surface area (Å²) in [4.78, 5) is 0. The Bertz CT molecular complexity index is 348. The normalized spacial score (nSPS) is 21.1. The Labute approximate surface area is 103 Å². The van der Waals surface area contributed by atoms with E-state index >= 15 is 0 Å². The third-order valence-corrected chi connectivity index (χ3v) is 3.90. The number of phenolic OH excluding ortho intramolecular Hbond substituents is 1. The molecule has 0 radical (unpaired) electrons. The van der Waals surface area contributed by atoms with Crippen molar-refractivity contribution in [2.75, 3.05) is 0 Å². The van der Waals surface area contributed by atoms with Crippen LogP contribution < -0.4 is 0 Å². The first-order valence-corrected chi connectivity index (χ1v) is 6.60. The highest BCUT2D eigenvalue weighted by Gasteiger charge is 2.28. The average molecular weight is 234 g/mol. The number of hydrogen-bond acceptors (Lipinski definition) is 2. The van der Waals surface area contributed by atoms with Crippen molar-refractivity contribution in [2.45, 2.75) is 51.0 Å². The zero-order valence-corrected chi connectivity index (χ0v) is 10.5. The van der Waals surface area contributed by atoms with Gasteiger partial charge in [0.25, 0.3) is 0 Å². The molecule has 1 atom stereocenters. The van der Waals surface area contributed by atoms with Gasteiger partial charge in [-0.1, -0.05) is 44.2 Å². The molecule has 0 heterocycles. The summed E-state index contributed by atoms with van der Waals surface area (Å²) in [6.07, 6.45) is 7.27. The average Bonchev–Trinajstić information content (AvgIpc) is 2.30. The van der Waals surface area contributed by atoms with Crippen molar-refractivity contribution in [3.05, 3.63) is 29.8 Å². The summed E-state index contributed by atoms with van der Waals surface area (Å²) in [5.74, 6) is 0.898. The molecule has 94 valence electrons. The summed E-state index contributed by atoms with van der Waals surface area (Å²) in [5.41, 5.74) is 0.135. The lowest BCUT2D eigenvalue weighted by molar-refractivity contribution is 0.0238. The van der Waals surface area contributed by atoms with Gasteiger partial charge in [0.15, 0.2) is 0 Å². The summed E-state index contributed by atoms with van der Waals surface area (Å²) in [6.45, 7) is 1.88.